The first kappa shape index (κ1) is 24.3. The van der Waals surface area contributed by atoms with E-state index in [-0.39, 0.29) is 23.6 Å². The van der Waals surface area contributed by atoms with Gasteiger partial charge in [-0.1, -0.05) is 18.9 Å². The Labute approximate surface area is 186 Å². The van der Waals surface area contributed by atoms with Crippen molar-refractivity contribution >= 4 is 23.3 Å². The maximum Gasteiger partial charge on any atom is 0.272 e. The molecule has 8 nitrogen and oxygen atoms in total. The number of carbonyl (C=O) groups is 3. The maximum atomic E-state index is 13.2. The molecule has 0 atom stereocenters. The van der Waals surface area contributed by atoms with Crippen LogP contribution in [0.4, 0.5) is 5.69 Å². The second-order valence-electron chi connectivity index (χ2n) is 7.13. The quantitative estimate of drug-likeness (QED) is 0.223. The van der Waals surface area contributed by atoms with E-state index in [1.165, 1.54) is 58.5 Å². The first-order chi connectivity index (χ1) is 15.2. The standard InChI is InChI=1S/C24H25N3O5/c1-5-7-11-22(28)18-12-14-19(15-13-18)23(29)25(6-2)26(17(3)4)24(30)20-9-8-10-21(16-20)27(31)32/h8-10,12-17H,5-6H2,1-4H3. The van der Waals surface area contributed by atoms with Crippen LogP contribution in [-0.2, 0) is 0 Å². The fraction of sp³-hybridized carbons (Fsp3) is 0.292. The Kier molecular flexibility index (Phi) is 8.24. The molecule has 2 amide bonds. The van der Waals surface area contributed by atoms with Gasteiger partial charge in [0, 0.05) is 47.8 Å². The summed E-state index contributed by atoms with van der Waals surface area (Å²) in [7, 11) is 0. The van der Waals surface area contributed by atoms with Crippen molar-refractivity contribution in [3.8, 4) is 11.8 Å². The maximum absolute atomic E-state index is 13.2. The molecule has 0 aliphatic rings. The van der Waals surface area contributed by atoms with Gasteiger partial charge in [0.05, 0.1) is 4.92 Å². The van der Waals surface area contributed by atoms with Gasteiger partial charge in [-0.2, -0.15) is 0 Å². The second-order valence-corrected chi connectivity index (χ2v) is 7.13. The molecule has 0 N–H and O–H groups in total. The normalized spacial score (nSPS) is 10.2. The molecule has 0 radical (unpaired) electrons. The Hall–Kier alpha value is -3.99. The number of hydrogen-bond donors (Lipinski definition) is 0. The van der Waals surface area contributed by atoms with Gasteiger partial charge < -0.3 is 0 Å². The fourth-order valence-corrected chi connectivity index (χ4v) is 3.06. The van der Waals surface area contributed by atoms with Gasteiger partial charge >= 0.3 is 0 Å². The first-order valence-electron chi connectivity index (χ1n) is 10.2. The van der Waals surface area contributed by atoms with E-state index in [1.807, 2.05) is 6.92 Å². The minimum Gasteiger partial charge on any atom is -0.279 e. The Morgan fingerprint density at radius 1 is 0.969 bits per heavy atom. The lowest BCUT2D eigenvalue weighted by Gasteiger charge is -2.37. The molecule has 2 aromatic carbocycles. The van der Waals surface area contributed by atoms with Crippen LogP contribution in [0.2, 0.25) is 0 Å². The second kappa shape index (κ2) is 10.9. The Morgan fingerprint density at radius 2 is 1.59 bits per heavy atom. The van der Waals surface area contributed by atoms with Crippen molar-refractivity contribution < 1.29 is 19.3 Å². The van der Waals surface area contributed by atoms with E-state index >= 15 is 0 Å². The number of rotatable bonds is 6. The van der Waals surface area contributed by atoms with Crippen molar-refractivity contribution in [2.75, 3.05) is 6.54 Å². The number of nitro groups is 1. The fourth-order valence-electron chi connectivity index (χ4n) is 3.06. The lowest BCUT2D eigenvalue weighted by molar-refractivity contribution is -0.384. The average Bonchev–Trinajstić information content (AvgIpc) is 2.79. The third kappa shape index (κ3) is 5.58. The van der Waals surface area contributed by atoms with E-state index < -0.39 is 22.8 Å². The van der Waals surface area contributed by atoms with E-state index in [2.05, 4.69) is 11.8 Å². The lowest BCUT2D eigenvalue weighted by Crippen LogP contribution is -2.53. The molecular formula is C24H25N3O5. The van der Waals surface area contributed by atoms with Gasteiger partial charge in [0.1, 0.15) is 0 Å². The summed E-state index contributed by atoms with van der Waals surface area (Å²) in [4.78, 5) is 48.9. The number of hydrogen-bond acceptors (Lipinski definition) is 5. The van der Waals surface area contributed by atoms with Gasteiger partial charge in [-0.05, 0) is 57.0 Å². The van der Waals surface area contributed by atoms with Gasteiger partial charge in [-0.25, -0.2) is 10.0 Å². The summed E-state index contributed by atoms with van der Waals surface area (Å²) in [6.45, 7) is 7.27. The number of carbonyl (C=O) groups excluding carboxylic acids is 3. The summed E-state index contributed by atoms with van der Waals surface area (Å²) >= 11 is 0. The zero-order valence-corrected chi connectivity index (χ0v) is 18.5. The Balaban J connectivity index is 2.35. The number of Topliss-reactive ketones (excluding diaryl/α,β-unsaturated/α-hetero) is 1. The SMILES string of the molecule is CCC#CC(=O)c1ccc(C(=O)N(CC)N(C(=O)c2cccc([N+](=O)[O-])c2)C(C)C)cc1. The number of non-ortho nitro benzene ring substituents is 1. The lowest BCUT2D eigenvalue weighted by atomic mass is 10.1. The molecular weight excluding hydrogens is 410 g/mol. The number of hydrazine groups is 1. The predicted octanol–water partition coefficient (Wildman–Crippen LogP) is 4.12. The van der Waals surface area contributed by atoms with Crippen molar-refractivity contribution in [3.63, 3.8) is 0 Å². The highest BCUT2D eigenvalue weighted by Gasteiger charge is 2.29. The molecule has 0 aromatic heterocycles. The highest BCUT2D eigenvalue weighted by molar-refractivity contribution is 6.09. The van der Waals surface area contributed by atoms with Crippen LogP contribution in [0.3, 0.4) is 0 Å². The monoisotopic (exact) mass is 435 g/mol. The van der Waals surface area contributed by atoms with Crippen LogP contribution in [0.5, 0.6) is 0 Å². The number of benzene rings is 2. The van der Waals surface area contributed by atoms with E-state index in [9.17, 15) is 24.5 Å². The van der Waals surface area contributed by atoms with Crippen LogP contribution >= 0.6 is 0 Å². The molecule has 2 rings (SSSR count). The molecule has 32 heavy (non-hydrogen) atoms. The summed E-state index contributed by atoms with van der Waals surface area (Å²) in [6.07, 6.45) is 0.567. The van der Waals surface area contributed by atoms with Crippen molar-refractivity contribution in [1.29, 1.82) is 0 Å². The first-order valence-corrected chi connectivity index (χ1v) is 10.2. The Bertz CT molecular complexity index is 1080. The summed E-state index contributed by atoms with van der Waals surface area (Å²) in [5.41, 5.74) is 0.568. The van der Waals surface area contributed by atoms with Crippen molar-refractivity contribution in [2.24, 2.45) is 0 Å². The highest BCUT2D eigenvalue weighted by Crippen LogP contribution is 2.19. The molecule has 0 aliphatic heterocycles. The molecule has 2 aromatic rings. The highest BCUT2D eigenvalue weighted by atomic mass is 16.6. The van der Waals surface area contributed by atoms with Crippen molar-refractivity contribution in [3.05, 3.63) is 75.3 Å². The molecule has 0 saturated heterocycles. The third-order valence-electron chi connectivity index (χ3n) is 4.57. The Morgan fingerprint density at radius 3 is 2.12 bits per heavy atom. The van der Waals surface area contributed by atoms with Gasteiger partial charge in [-0.3, -0.25) is 24.5 Å². The zero-order valence-electron chi connectivity index (χ0n) is 18.5. The van der Waals surface area contributed by atoms with Crippen molar-refractivity contribution in [1.82, 2.24) is 10.0 Å². The third-order valence-corrected chi connectivity index (χ3v) is 4.57. The van der Waals surface area contributed by atoms with Gasteiger partial charge in [-0.15, -0.1) is 0 Å². The van der Waals surface area contributed by atoms with Crippen LogP contribution < -0.4 is 0 Å². The summed E-state index contributed by atoms with van der Waals surface area (Å²) < 4.78 is 0. The summed E-state index contributed by atoms with van der Waals surface area (Å²) in [5, 5.41) is 13.7. The minimum atomic E-state index is -0.576. The average molecular weight is 435 g/mol. The molecule has 0 unspecified atom stereocenters. The van der Waals surface area contributed by atoms with Gasteiger partial charge in [0.2, 0.25) is 5.78 Å². The van der Waals surface area contributed by atoms with E-state index in [0.717, 1.165) is 0 Å². The smallest absolute Gasteiger partial charge is 0.272 e. The summed E-state index contributed by atoms with van der Waals surface area (Å²) in [5.74, 6) is 3.95. The number of amides is 2. The van der Waals surface area contributed by atoms with Crippen LogP contribution in [-0.4, -0.2) is 45.1 Å². The molecule has 0 fully saturated rings. The number of ketones is 1. The molecule has 166 valence electrons. The van der Waals surface area contributed by atoms with Crippen LogP contribution in [0, 0.1) is 22.0 Å². The molecule has 0 aliphatic carbocycles. The van der Waals surface area contributed by atoms with E-state index in [4.69, 9.17) is 0 Å². The topological polar surface area (TPSA) is 101 Å². The predicted molar refractivity (Wildman–Crippen MR) is 120 cm³/mol. The van der Waals surface area contributed by atoms with Crippen LogP contribution in [0.25, 0.3) is 0 Å². The number of nitrogens with zero attached hydrogens (tertiary/aromatic N) is 3. The summed E-state index contributed by atoms with van der Waals surface area (Å²) in [6, 6.07) is 11.1. The molecule has 0 bridgehead atoms. The molecule has 0 heterocycles. The minimum absolute atomic E-state index is 0.106. The van der Waals surface area contributed by atoms with Crippen LogP contribution in [0.1, 0.15) is 65.2 Å². The molecule has 8 heteroatoms. The molecule has 0 spiro atoms. The van der Waals surface area contributed by atoms with Crippen molar-refractivity contribution in [2.45, 2.75) is 40.2 Å². The van der Waals surface area contributed by atoms with E-state index in [1.54, 1.807) is 20.8 Å². The van der Waals surface area contributed by atoms with Gasteiger partial charge in [0.25, 0.3) is 17.5 Å². The van der Waals surface area contributed by atoms with Crippen LogP contribution in [0.15, 0.2) is 48.5 Å². The van der Waals surface area contributed by atoms with E-state index in [0.29, 0.717) is 17.5 Å². The van der Waals surface area contributed by atoms with Gasteiger partial charge in [0.15, 0.2) is 0 Å². The molecule has 0 saturated carbocycles. The largest absolute Gasteiger partial charge is 0.279 e. The zero-order chi connectivity index (χ0) is 23.8. The number of nitro benzene ring substituents is 1.